The number of hydrogen-bond acceptors (Lipinski definition) is 5. The van der Waals surface area contributed by atoms with Gasteiger partial charge in [0.15, 0.2) is 0 Å². The Morgan fingerprint density at radius 2 is 1.94 bits per heavy atom. The van der Waals surface area contributed by atoms with E-state index >= 15 is 0 Å². The SMILES string of the molecule is Cc1cc(C)c(C(=O)OCCOCCO)cc1N. The van der Waals surface area contributed by atoms with Crippen molar-refractivity contribution < 1.29 is 19.4 Å². The lowest BCUT2D eigenvalue weighted by atomic mass is 10.0. The van der Waals surface area contributed by atoms with Crippen LogP contribution in [0, 0.1) is 13.8 Å². The van der Waals surface area contributed by atoms with Crippen molar-refractivity contribution in [3.05, 3.63) is 28.8 Å². The number of esters is 1. The van der Waals surface area contributed by atoms with Crippen molar-refractivity contribution in [2.24, 2.45) is 0 Å². The second kappa shape index (κ2) is 6.98. The van der Waals surface area contributed by atoms with Crippen LogP contribution in [-0.4, -0.2) is 37.5 Å². The first-order valence-corrected chi connectivity index (χ1v) is 5.78. The zero-order valence-electron chi connectivity index (χ0n) is 10.7. The maximum atomic E-state index is 11.8. The smallest absolute Gasteiger partial charge is 0.338 e. The van der Waals surface area contributed by atoms with Crippen LogP contribution in [0.5, 0.6) is 0 Å². The average molecular weight is 253 g/mol. The normalized spacial score (nSPS) is 10.4. The van der Waals surface area contributed by atoms with Crippen molar-refractivity contribution in [3.8, 4) is 0 Å². The largest absolute Gasteiger partial charge is 0.460 e. The van der Waals surface area contributed by atoms with Crippen LogP contribution in [0.1, 0.15) is 21.5 Å². The van der Waals surface area contributed by atoms with E-state index in [9.17, 15) is 4.79 Å². The average Bonchev–Trinajstić information content (AvgIpc) is 2.33. The molecule has 0 unspecified atom stereocenters. The molecule has 0 fully saturated rings. The molecule has 5 heteroatoms. The number of carbonyl (C=O) groups excluding carboxylic acids is 1. The first-order chi connectivity index (χ1) is 8.56. The van der Waals surface area contributed by atoms with Crippen molar-refractivity contribution in [3.63, 3.8) is 0 Å². The monoisotopic (exact) mass is 253 g/mol. The molecule has 0 radical (unpaired) electrons. The Balaban J connectivity index is 2.54. The molecule has 1 rings (SSSR count). The Hall–Kier alpha value is -1.59. The van der Waals surface area contributed by atoms with E-state index in [1.807, 2.05) is 19.9 Å². The van der Waals surface area contributed by atoms with E-state index in [0.29, 0.717) is 11.3 Å². The first-order valence-electron chi connectivity index (χ1n) is 5.78. The van der Waals surface area contributed by atoms with Gasteiger partial charge in [0.25, 0.3) is 0 Å². The lowest BCUT2D eigenvalue weighted by Gasteiger charge is -2.09. The highest BCUT2D eigenvalue weighted by Crippen LogP contribution is 2.18. The number of aryl methyl sites for hydroxylation is 2. The van der Waals surface area contributed by atoms with Crippen LogP contribution in [0.15, 0.2) is 12.1 Å². The minimum Gasteiger partial charge on any atom is -0.460 e. The molecule has 0 saturated carbocycles. The fourth-order valence-corrected chi connectivity index (χ4v) is 1.53. The highest BCUT2D eigenvalue weighted by Gasteiger charge is 2.12. The topological polar surface area (TPSA) is 81.8 Å². The summed E-state index contributed by atoms with van der Waals surface area (Å²) in [5.74, 6) is -0.410. The number of anilines is 1. The minimum atomic E-state index is -0.410. The number of carbonyl (C=O) groups is 1. The van der Waals surface area contributed by atoms with Gasteiger partial charge < -0.3 is 20.3 Å². The summed E-state index contributed by atoms with van der Waals surface area (Å²) < 4.78 is 10.0. The molecule has 0 atom stereocenters. The number of ether oxygens (including phenoxy) is 2. The van der Waals surface area contributed by atoms with Gasteiger partial charge in [0.05, 0.1) is 25.4 Å². The number of aliphatic hydroxyl groups excluding tert-OH is 1. The summed E-state index contributed by atoms with van der Waals surface area (Å²) in [5.41, 5.74) is 8.58. The summed E-state index contributed by atoms with van der Waals surface area (Å²) in [7, 11) is 0. The molecule has 0 aliphatic heterocycles. The molecule has 0 bridgehead atoms. The highest BCUT2D eigenvalue weighted by atomic mass is 16.6. The first kappa shape index (κ1) is 14.5. The maximum absolute atomic E-state index is 11.8. The predicted molar refractivity (Wildman–Crippen MR) is 68.5 cm³/mol. The zero-order valence-corrected chi connectivity index (χ0v) is 10.7. The Morgan fingerprint density at radius 3 is 2.61 bits per heavy atom. The van der Waals surface area contributed by atoms with Gasteiger partial charge >= 0.3 is 5.97 Å². The Bertz CT molecular complexity index is 418. The zero-order chi connectivity index (χ0) is 13.5. The number of aliphatic hydroxyl groups is 1. The van der Waals surface area contributed by atoms with E-state index in [4.69, 9.17) is 20.3 Å². The Labute approximate surface area is 107 Å². The van der Waals surface area contributed by atoms with E-state index in [1.165, 1.54) is 0 Å². The third-order valence-corrected chi connectivity index (χ3v) is 2.53. The molecule has 5 nitrogen and oxygen atoms in total. The Morgan fingerprint density at radius 1 is 1.22 bits per heavy atom. The summed E-state index contributed by atoms with van der Waals surface area (Å²) in [6.45, 7) is 4.36. The van der Waals surface area contributed by atoms with Gasteiger partial charge in [0.1, 0.15) is 6.61 Å². The number of nitrogens with two attached hydrogens (primary N) is 1. The number of hydrogen-bond donors (Lipinski definition) is 2. The molecular formula is C13H19NO4. The van der Waals surface area contributed by atoms with Crippen LogP contribution in [0.25, 0.3) is 0 Å². The molecule has 0 spiro atoms. The summed E-state index contributed by atoms with van der Waals surface area (Å²) in [6.07, 6.45) is 0. The lowest BCUT2D eigenvalue weighted by molar-refractivity contribution is 0.0258. The van der Waals surface area contributed by atoms with Crippen LogP contribution in [-0.2, 0) is 9.47 Å². The van der Waals surface area contributed by atoms with Gasteiger partial charge in [-0.1, -0.05) is 6.07 Å². The van der Waals surface area contributed by atoms with Crippen LogP contribution in [0.2, 0.25) is 0 Å². The van der Waals surface area contributed by atoms with E-state index in [2.05, 4.69) is 0 Å². The van der Waals surface area contributed by atoms with Gasteiger partial charge in [-0.2, -0.15) is 0 Å². The van der Waals surface area contributed by atoms with Crippen molar-refractivity contribution in [1.82, 2.24) is 0 Å². The third kappa shape index (κ3) is 4.01. The highest BCUT2D eigenvalue weighted by molar-refractivity contribution is 5.92. The predicted octanol–water partition coefficient (Wildman–Crippen LogP) is 1.05. The van der Waals surface area contributed by atoms with E-state index in [1.54, 1.807) is 6.07 Å². The Kier molecular flexibility index (Phi) is 5.61. The molecule has 0 aromatic heterocycles. The van der Waals surface area contributed by atoms with Crippen LogP contribution < -0.4 is 5.73 Å². The molecule has 18 heavy (non-hydrogen) atoms. The number of nitrogen functional groups attached to an aromatic ring is 1. The molecular weight excluding hydrogens is 234 g/mol. The van der Waals surface area contributed by atoms with Gasteiger partial charge in [-0.3, -0.25) is 0 Å². The number of rotatable bonds is 6. The second-order valence-corrected chi connectivity index (χ2v) is 4.00. The fourth-order valence-electron chi connectivity index (χ4n) is 1.53. The van der Waals surface area contributed by atoms with E-state index in [-0.39, 0.29) is 26.4 Å². The molecule has 0 heterocycles. The summed E-state index contributed by atoms with van der Waals surface area (Å²) in [5, 5.41) is 8.50. The van der Waals surface area contributed by atoms with Gasteiger partial charge in [0.2, 0.25) is 0 Å². The van der Waals surface area contributed by atoms with Crippen molar-refractivity contribution in [1.29, 1.82) is 0 Å². The maximum Gasteiger partial charge on any atom is 0.338 e. The second-order valence-electron chi connectivity index (χ2n) is 4.00. The third-order valence-electron chi connectivity index (χ3n) is 2.53. The minimum absolute atomic E-state index is 0.0401. The molecule has 1 aromatic rings. The molecule has 0 aliphatic carbocycles. The van der Waals surface area contributed by atoms with Crippen LogP contribution in [0.4, 0.5) is 5.69 Å². The summed E-state index contributed by atoms with van der Waals surface area (Å²) in [4.78, 5) is 11.8. The van der Waals surface area contributed by atoms with E-state index in [0.717, 1.165) is 11.1 Å². The quantitative estimate of drug-likeness (QED) is 0.450. The molecule has 0 saturated heterocycles. The summed E-state index contributed by atoms with van der Waals surface area (Å²) in [6, 6.07) is 3.48. The molecule has 0 amide bonds. The van der Waals surface area contributed by atoms with Crippen molar-refractivity contribution in [2.75, 3.05) is 32.2 Å². The van der Waals surface area contributed by atoms with Gasteiger partial charge in [0, 0.05) is 5.69 Å². The molecule has 0 aliphatic rings. The fraction of sp³-hybridized carbons (Fsp3) is 0.462. The van der Waals surface area contributed by atoms with Gasteiger partial charge in [-0.15, -0.1) is 0 Å². The van der Waals surface area contributed by atoms with E-state index < -0.39 is 5.97 Å². The summed E-state index contributed by atoms with van der Waals surface area (Å²) >= 11 is 0. The number of benzene rings is 1. The standard InChI is InChI=1S/C13H19NO4/c1-9-7-10(2)12(14)8-11(9)13(16)18-6-5-17-4-3-15/h7-8,15H,3-6,14H2,1-2H3. The molecule has 1 aromatic carbocycles. The van der Waals surface area contributed by atoms with Crippen LogP contribution >= 0.6 is 0 Å². The van der Waals surface area contributed by atoms with Crippen molar-refractivity contribution in [2.45, 2.75) is 13.8 Å². The molecule has 100 valence electrons. The van der Waals surface area contributed by atoms with Gasteiger partial charge in [-0.25, -0.2) is 4.79 Å². The lowest BCUT2D eigenvalue weighted by Crippen LogP contribution is -2.13. The van der Waals surface area contributed by atoms with Crippen molar-refractivity contribution >= 4 is 11.7 Å². The van der Waals surface area contributed by atoms with Gasteiger partial charge in [-0.05, 0) is 31.0 Å². The molecule has 3 N–H and O–H groups in total. The van der Waals surface area contributed by atoms with Crippen LogP contribution in [0.3, 0.4) is 0 Å².